The topological polar surface area (TPSA) is 54.2 Å². The third kappa shape index (κ3) is 3.15. The first kappa shape index (κ1) is 16.2. The van der Waals surface area contributed by atoms with E-state index in [1.165, 1.54) is 6.07 Å². The van der Waals surface area contributed by atoms with Crippen LogP contribution in [0.3, 0.4) is 0 Å². The first-order valence-electron chi connectivity index (χ1n) is 8.49. The van der Waals surface area contributed by atoms with E-state index in [9.17, 15) is 9.50 Å². The molecule has 3 aromatic rings. The minimum atomic E-state index is -0.239. The number of aryl methyl sites for hydroxylation is 1. The molecule has 130 valence electrons. The van der Waals surface area contributed by atoms with Gasteiger partial charge in [0.2, 0.25) is 0 Å². The molecule has 1 aliphatic heterocycles. The number of hydrogen-bond donors (Lipinski definition) is 1. The average molecular weight is 340 g/mol. The van der Waals surface area contributed by atoms with E-state index < -0.39 is 0 Å². The van der Waals surface area contributed by atoms with E-state index >= 15 is 0 Å². The summed E-state index contributed by atoms with van der Waals surface area (Å²) in [7, 11) is 1.90. The molecule has 3 heterocycles. The highest BCUT2D eigenvalue weighted by atomic mass is 19.1. The molecular formula is C19H21FN4O. The Bertz CT molecular complexity index is 894. The van der Waals surface area contributed by atoms with Crippen molar-refractivity contribution >= 4 is 10.9 Å². The van der Waals surface area contributed by atoms with E-state index in [2.05, 4.69) is 15.0 Å². The van der Waals surface area contributed by atoms with Crippen LogP contribution in [0.25, 0.3) is 10.9 Å². The second kappa shape index (κ2) is 6.54. The first-order valence-corrected chi connectivity index (χ1v) is 8.49. The number of rotatable bonds is 4. The standard InChI is InChI=1S/C19H21FN4O/c1-23-8-15(7-22-23)18-11-24(10-16(18)12-25)9-14-6-17(20)5-13-3-2-4-21-19(13)14/h2-8,16,18,25H,9-12H2,1H3/t16-,18-/m0/s1. The van der Waals surface area contributed by atoms with Gasteiger partial charge in [0.1, 0.15) is 5.82 Å². The van der Waals surface area contributed by atoms with Crippen molar-refractivity contribution in [1.82, 2.24) is 19.7 Å². The molecule has 6 heteroatoms. The monoisotopic (exact) mass is 340 g/mol. The summed E-state index contributed by atoms with van der Waals surface area (Å²) in [6.07, 6.45) is 5.62. The van der Waals surface area contributed by atoms with Gasteiger partial charge in [-0.25, -0.2) is 4.39 Å². The number of nitrogens with zero attached hydrogens (tertiary/aromatic N) is 4. The van der Waals surface area contributed by atoms with Gasteiger partial charge in [0.05, 0.1) is 11.7 Å². The van der Waals surface area contributed by atoms with Gasteiger partial charge < -0.3 is 5.11 Å². The molecule has 0 saturated carbocycles. The molecule has 1 fully saturated rings. The van der Waals surface area contributed by atoms with Crippen molar-refractivity contribution < 1.29 is 9.50 Å². The molecule has 2 aromatic heterocycles. The van der Waals surface area contributed by atoms with E-state index in [0.29, 0.717) is 6.54 Å². The zero-order valence-corrected chi connectivity index (χ0v) is 14.1. The molecule has 1 saturated heterocycles. The van der Waals surface area contributed by atoms with Gasteiger partial charge in [0.15, 0.2) is 0 Å². The lowest BCUT2D eigenvalue weighted by Gasteiger charge is -2.17. The second-order valence-corrected chi connectivity index (χ2v) is 6.83. The zero-order valence-electron chi connectivity index (χ0n) is 14.1. The van der Waals surface area contributed by atoms with Crippen molar-refractivity contribution in [1.29, 1.82) is 0 Å². The lowest BCUT2D eigenvalue weighted by Crippen LogP contribution is -2.21. The Hall–Kier alpha value is -2.31. The molecule has 0 radical (unpaired) electrons. The number of benzene rings is 1. The SMILES string of the molecule is Cn1cc([C@@H]2CN(Cc3cc(F)cc4cccnc34)C[C@H]2CO)cn1. The van der Waals surface area contributed by atoms with Gasteiger partial charge >= 0.3 is 0 Å². The van der Waals surface area contributed by atoms with Crippen LogP contribution in [0.2, 0.25) is 0 Å². The molecule has 1 aliphatic rings. The minimum absolute atomic E-state index is 0.137. The molecule has 0 unspecified atom stereocenters. The molecule has 0 bridgehead atoms. The predicted octanol–water partition coefficient (Wildman–Crippen LogP) is 2.32. The zero-order chi connectivity index (χ0) is 17.4. The van der Waals surface area contributed by atoms with Crippen molar-refractivity contribution in [2.24, 2.45) is 13.0 Å². The minimum Gasteiger partial charge on any atom is -0.396 e. The van der Waals surface area contributed by atoms with Crippen molar-refractivity contribution in [2.75, 3.05) is 19.7 Å². The van der Waals surface area contributed by atoms with Crippen LogP contribution < -0.4 is 0 Å². The summed E-state index contributed by atoms with van der Waals surface area (Å²) < 4.78 is 15.7. The molecule has 2 atom stereocenters. The maximum atomic E-state index is 14.0. The number of aliphatic hydroxyl groups is 1. The Balaban J connectivity index is 1.60. The molecule has 4 rings (SSSR count). The van der Waals surface area contributed by atoms with E-state index in [1.54, 1.807) is 16.9 Å². The average Bonchev–Trinajstić information content (AvgIpc) is 3.20. The lowest BCUT2D eigenvalue weighted by molar-refractivity contribution is 0.214. The Kier molecular flexibility index (Phi) is 4.23. The van der Waals surface area contributed by atoms with Crippen molar-refractivity contribution in [3.63, 3.8) is 0 Å². The molecule has 1 aromatic carbocycles. The highest BCUT2D eigenvalue weighted by Crippen LogP contribution is 2.33. The fourth-order valence-electron chi connectivity index (χ4n) is 3.87. The van der Waals surface area contributed by atoms with Crippen molar-refractivity contribution in [3.05, 3.63) is 59.8 Å². The molecule has 0 amide bonds. The van der Waals surface area contributed by atoms with Gasteiger partial charge in [0.25, 0.3) is 0 Å². The summed E-state index contributed by atoms with van der Waals surface area (Å²) in [4.78, 5) is 6.69. The fraction of sp³-hybridized carbons (Fsp3) is 0.368. The quantitative estimate of drug-likeness (QED) is 0.792. The van der Waals surface area contributed by atoms with Gasteiger partial charge in [-0.1, -0.05) is 6.07 Å². The molecule has 25 heavy (non-hydrogen) atoms. The predicted molar refractivity (Wildman–Crippen MR) is 93.5 cm³/mol. The number of fused-ring (bicyclic) bond motifs is 1. The van der Waals surface area contributed by atoms with E-state index in [-0.39, 0.29) is 24.3 Å². The summed E-state index contributed by atoms with van der Waals surface area (Å²) in [5.41, 5.74) is 2.87. The highest BCUT2D eigenvalue weighted by molar-refractivity contribution is 5.81. The van der Waals surface area contributed by atoms with Crippen LogP contribution in [-0.4, -0.2) is 44.5 Å². The number of pyridine rings is 1. The maximum absolute atomic E-state index is 14.0. The lowest BCUT2D eigenvalue weighted by atomic mass is 9.92. The smallest absolute Gasteiger partial charge is 0.124 e. The number of likely N-dealkylation sites (tertiary alicyclic amines) is 1. The van der Waals surface area contributed by atoms with Crippen LogP contribution in [-0.2, 0) is 13.6 Å². The summed E-state index contributed by atoms with van der Waals surface area (Å²) in [5, 5.41) is 14.8. The normalized spacial score (nSPS) is 21.2. The van der Waals surface area contributed by atoms with Gasteiger partial charge in [-0.2, -0.15) is 5.10 Å². The van der Waals surface area contributed by atoms with Gasteiger partial charge in [-0.15, -0.1) is 0 Å². The van der Waals surface area contributed by atoms with Crippen LogP contribution in [0.1, 0.15) is 17.0 Å². The van der Waals surface area contributed by atoms with Gasteiger partial charge in [-0.3, -0.25) is 14.6 Å². The fourth-order valence-corrected chi connectivity index (χ4v) is 3.87. The van der Waals surface area contributed by atoms with Crippen LogP contribution in [0, 0.1) is 11.7 Å². The third-order valence-electron chi connectivity index (χ3n) is 5.05. The highest BCUT2D eigenvalue weighted by Gasteiger charge is 2.34. The van der Waals surface area contributed by atoms with E-state index in [0.717, 1.165) is 35.1 Å². The third-order valence-corrected chi connectivity index (χ3v) is 5.05. The van der Waals surface area contributed by atoms with Crippen LogP contribution in [0.15, 0.2) is 42.9 Å². The molecule has 5 nitrogen and oxygen atoms in total. The van der Waals surface area contributed by atoms with E-state index in [1.807, 2.05) is 31.6 Å². The van der Waals surface area contributed by atoms with Crippen LogP contribution >= 0.6 is 0 Å². The first-order chi connectivity index (χ1) is 12.1. The molecule has 0 aliphatic carbocycles. The van der Waals surface area contributed by atoms with Gasteiger partial charge in [-0.05, 0) is 29.3 Å². The molecule has 1 N–H and O–H groups in total. The summed E-state index contributed by atoms with van der Waals surface area (Å²) in [6, 6.07) is 6.79. The van der Waals surface area contributed by atoms with Crippen molar-refractivity contribution in [3.8, 4) is 0 Å². The second-order valence-electron chi connectivity index (χ2n) is 6.83. The Labute approximate surface area is 145 Å². The van der Waals surface area contributed by atoms with Crippen LogP contribution in [0.5, 0.6) is 0 Å². The van der Waals surface area contributed by atoms with Crippen molar-refractivity contribution in [2.45, 2.75) is 12.5 Å². The summed E-state index contributed by atoms with van der Waals surface area (Å²) in [6.45, 7) is 2.36. The Morgan fingerprint density at radius 1 is 1.32 bits per heavy atom. The summed E-state index contributed by atoms with van der Waals surface area (Å²) >= 11 is 0. The Morgan fingerprint density at radius 3 is 2.96 bits per heavy atom. The van der Waals surface area contributed by atoms with Crippen LogP contribution in [0.4, 0.5) is 4.39 Å². The molecular weight excluding hydrogens is 319 g/mol. The number of hydrogen-bond acceptors (Lipinski definition) is 4. The largest absolute Gasteiger partial charge is 0.396 e. The number of aliphatic hydroxyl groups excluding tert-OH is 1. The summed E-state index contributed by atoms with van der Waals surface area (Å²) in [5.74, 6) is 0.167. The molecule has 0 spiro atoms. The Morgan fingerprint density at radius 2 is 2.20 bits per heavy atom. The maximum Gasteiger partial charge on any atom is 0.124 e. The van der Waals surface area contributed by atoms with Gasteiger partial charge in [0, 0.05) is 62.9 Å². The number of halogens is 1. The van der Waals surface area contributed by atoms with E-state index in [4.69, 9.17) is 0 Å². The number of aromatic nitrogens is 3.